The van der Waals surface area contributed by atoms with E-state index in [0.29, 0.717) is 40.8 Å². The molecular formula is C28H29NO4S. The quantitative estimate of drug-likeness (QED) is 0.352. The number of hydrogen-bond donors (Lipinski definition) is 1. The topological polar surface area (TPSA) is 76.4 Å². The Morgan fingerprint density at radius 1 is 0.912 bits per heavy atom. The van der Waals surface area contributed by atoms with Crippen molar-refractivity contribution in [1.82, 2.24) is 0 Å². The predicted octanol–water partition coefficient (Wildman–Crippen LogP) is 6.84. The van der Waals surface area contributed by atoms with Gasteiger partial charge in [-0.25, -0.2) is 8.42 Å². The summed E-state index contributed by atoms with van der Waals surface area (Å²) >= 11 is 0. The van der Waals surface area contributed by atoms with E-state index < -0.39 is 10.0 Å². The molecule has 1 N–H and O–H groups in total. The van der Waals surface area contributed by atoms with Crippen LogP contribution in [0.15, 0.2) is 63.9 Å². The molecule has 1 aliphatic rings. The fourth-order valence-corrected chi connectivity index (χ4v) is 5.91. The summed E-state index contributed by atoms with van der Waals surface area (Å²) < 4.78 is 35.6. The summed E-state index contributed by atoms with van der Waals surface area (Å²) in [7, 11) is -3.84. The Morgan fingerprint density at radius 2 is 1.56 bits per heavy atom. The normalized spacial score (nSPS) is 16.1. The first-order chi connectivity index (χ1) is 15.9. The molecule has 0 unspecified atom stereocenters. The Hall–Kier alpha value is -3.12. The minimum absolute atomic E-state index is 0.0341. The molecule has 1 heterocycles. The van der Waals surface area contributed by atoms with Gasteiger partial charge in [-0.1, -0.05) is 71.0 Å². The number of carbonyl (C=O) groups is 1. The van der Waals surface area contributed by atoms with Crippen LogP contribution in [0.3, 0.4) is 0 Å². The van der Waals surface area contributed by atoms with Crippen LogP contribution in [-0.2, 0) is 21.9 Å². The molecule has 0 amide bonds. The molecule has 3 aromatic carbocycles. The molecule has 0 saturated carbocycles. The van der Waals surface area contributed by atoms with Crippen LogP contribution in [0.25, 0.3) is 21.7 Å². The number of nitrogens with one attached hydrogen (secondary N) is 1. The van der Waals surface area contributed by atoms with Crippen molar-refractivity contribution in [2.24, 2.45) is 5.41 Å². The molecule has 4 aromatic rings. The Balaban J connectivity index is 1.65. The van der Waals surface area contributed by atoms with E-state index >= 15 is 0 Å². The second kappa shape index (κ2) is 7.44. The van der Waals surface area contributed by atoms with Crippen LogP contribution in [-0.4, -0.2) is 14.2 Å². The van der Waals surface area contributed by atoms with Crippen molar-refractivity contribution in [1.29, 1.82) is 0 Å². The summed E-state index contributed by atoms with van der Waals surface area (Å²) in [5, 5.41) is 2.17. The minimum Gasteiger partial charge on any atom is -0.460 e. The minimum atomic E-state index is -3.84. The summed E-state index contributed by atoms with van der Waals surface area (Å²) in [4.78, 5) is 13.2. The van der Waals surface area contributed by atoms with E-state index in [1.54, 1.807) is 18.2 Å². The zero-order valence-electron chi connectivity index (χ0n) is 20.2. The lowest BCUT2D eigenvalue weighted by Gasteiger charge is -2.27. The van der Waals surface area contributed by atoms with Crippen molar-refractivity contribution in [3.8, 4) is 0 Å². The maximum Gasteiger partial charge on any atom is 0.261 e. The van der Waals surface area contributed by atoms with E-state index in [1.807, 2.05) is 36.4 Å². The van der Waals surface area contributed by atoms with Crippen LogP contribution in [0.4, 0.5) is 5.69 Å². The Labute approximate surface area is 200 Å². The van der Waals surface area contributed by atoms with Crippen molar-refractivity contribution >= 4 is 43.2 Å². The van der Waals surface area contributed by atoms with Gasteiger partial charge in [0.2, 0.25) is 0 Å². The SMILES string of the molecule is CC1(C)CC(=O)c2c(oc3c2cc(NS(=O)(=O)c2ccc(C(C)(C)C)cc2)c2ccccc23)C1. The van der Waals surface area contributed by atoms with Crippen LogP contribution in [0.5, 0.6) is 0 Å². The fraction of sp³-hybridized carbons (Fsp3) is 0.321. The van der Waals surface area contributed by atoms with E-state index in [-0.39, 0.29) is 21.5 Å². The molecule has 0 spiro atoms. The maximum absolute atomic E-state index is 13.3. The molecule has 1 aromatic heterocycles. The van der Waals surface area contributed by atoms with Gasteiger partial charge < -0.3 is 4.42 Å². The van der Waals surface area contributed by atoms with Crippen molar-refractivity contribution in [2.75, 3.05) is 4.72 Å². The van der Waals surface area contributed by atoms with Gasteiger partial charge in [-0.2, -0.15) is 0 Å². The van der Waals surface area contributed by atoms with Gasteiger partial charge in [0.25, 0.3) is 10.0 Å². The third kappa shape index (κ3) is 3.80. The van der Waals surface area contributed by atoms with Crippen LogP contribution in [0, 0.1) is 5.41 Å². The number of ketones is 1. The highest BCUT2D eigenvalue weighted by molar-refractivity contribution is 7.92. The first kappa shape index (κ1) is 22.7. The van der Waals surface area contributed by atoms with E-state index in [4.69, 9.17) is 4.42 Å². The second-order valence-corrected chi connectivity index (χ2v) is 12.7. The summed E-state index contributed by atoms with van der Waals surface area (Å²) in [6.45, 7) is 10.4. The first-order valence-corrected chi connectivity index (χ1v) is 13.0. The lowest BCUT2D eigenvalue weighted by molar-refractivity contribution is 0.0906. The van der Waals surface area contributed by atoms with Gasteiger partial charge in [0.1, 0.15) is 11.3 Å². The average molecular weight is 476 g/mol. The smallest absolute Gasteiger partial charge is 0.261 e. The zero-order valence-corrected chi connectivity index (χ0v) is 21.0. The third-order valence-electron chi connectivity index (χ3n) is 6.60. The number of hydrogen-bond acceptors (Lipinski definition) is 4. The Kier molecular flexibility index (Phi) is 4.96. The number of sulfonamides is 1. The number of benzene rings is 3. The number of carbonyl (C=O) groups excluding carboxylic acids is 1. The van der Waals surface area contributed by atoms with E-state index in [9.17, 15) is 13.2 Å². The third-order valence-corrected chi connectivity index (χ3v) is 7.98. The highest BCUT2D eigenvalue weighted by atomic mass is 32.2. The summed E-state index contributed by atoms with van der Waals surface area (Å²) in [5.74, 6) is 0.714. The molecule has 0 saturated heterocycles. The van der Waals surface area contributed by atoms with Gasteiger partial charge >= 0.3 is 0 Å². The molecule has 0 atom stereocenters. The molecule has 0 radical (unpaired) electrons. The highest BCUT2D eigenvalue weighted by Crippen LogP contribution is 2.43. The van der Waals surface area contributed by atoms with Crippen LogP contribution in [0.2, 0.25) is 0 Å². The van der Waals surface area contributed by atoms with Gasteiger partial charge in [0.15, 0.2) is 5.78 Å². The van der Waals surface area contributed by atoms with Gasteiger partial charge in [-0.15, -0.1) is 0 Å². The number of fused-ring (bicyclic) bond motifs is 5. The molecule has 5 rings (SSSR count). The van der Waals surface area contributed by atoms with Crippen molar-refractivity contribution in [3.63, 3.8) is 0 Å². The van der Waals surface area contributed by atoms with E-state index in [2.05, 4.69) is 39.3 Å². The summed E-state index contributed by atoms with van der Waals surface area (Å²) in [6.07, 6.45) is 1.10. The van der Waals surface area contributed by atoms with Gasteiger partial charge in [-0.05, 0) is 34.6 Å². The van der Waals surface area contributed by atoms with E-state index in [1.165, 1.54) is 0 Å². The van der Waals surface area contributed by atoms with Crippen LogP contribution >= 0.6 is 0 Å². The van der Waals surface area contributed by atoms with Crippen molar-refractivity contribution in [3.05, 3.63) is 71.5 Å². The maximum atomic E-state index is 13.3. The molecule has 176 valence electrons. The molecule has 6 heteroatoms. The van der Waals surface area contributed by atoms with Crippen molar-refractivity contribution < 1.29 is 17.6 Å². The first-order valence-electron chi connectivity index (χ1n) is 11.5. The van der Waals surface area contributed by atoms with Crippen LogP contribution < -0.4 is 4.72 Å². The fourth-order valence-electron chi connectivity index (χ4n) is 4.84. The number of rotatable bonds is 3. The molecule has 0 aliphatic heterocycles. The molecule has 34 heavy (non-hydrogen) atoms. The zero-order chi connectivity index (χ0) is 24.5. The summed E-state index contributed by atoms with van der Waals surface area (Å²) in [6, 6.07) is 16.2. The molecule has 0 bridgehead atoms. The highest BCUT2D eigenvalue weighted by Gasteiger charge is 2.36. The predicted molar refractivity (Wildman–Crippen MR) is 136 cm³/mol. The molecule has 0 fully saturated rings. The largest absolute Gasteiger partial charge is 0.460 e. The summed E-state index contributed by atoms with van der Waals surface area (Å²) in [5.41, 5.74) is 2.46. The molecular weight excluding hydrogens is 446 g/mol. The van der Waals surface area contributed by atoms with Crippen LogP contribution in [0.1, 0.15) is 62.7 Å². The Bertz CT molecular complexity index is 1550. The average Bonchev–Trinajstić information content (AvgIpc) is 3.10. The van der Waals surface area contributed by atoms with Gasteiger partial charge in [-0.3, -0.25) is 9.52 Å². The molecule has 5 nitrogen and oxygen atoms in total. The van der Waals surface area contributed by atoms with E-state index in [0.717, 1.165) is 16.3 Å². The number of Topliss-reactive ketones (excluding diaryl/α,β-unsaturated/α-hetero) is 1. The molecule has 1 aliphatic carbocycles. The lowest BCUT2D eigenvalue weighted by Crippen LogP contribution is -2.25. The van der Waals surface area contributed by atoms with Gasteiger partial charge in [0, 0.05) is 29.0 Å². The second-order valence-electron chi connectivity index (χ2n) is 11.1. The lowest BCUT2D eigenvalue weighted by atomic mass is 9.76. The standard InChI is InChI=1S/C28H29NO4S/c1-27(2,3)17-10-12-18(13-11-17)34(31,32)29-22-14-21-25-23(30)15-28(4,5)16-24(25)33-26(21)20-9-7-6-8-19(20)22/h6-14,29H,15-16H2,1-5H3. The number of furan rings is 1. The van der Waals surface area contributed by atoms with Gasteiger partial charge in [0.05, 0.1) is 16.1 Å². The number of anilines is 1. The monoisotopic (exact) mass is 475 g/mol. The Morgan fingerprint density at radius 3 is 2.21 bits per heavy atom. The van der Waals surface area contributed by atoms with Crippen molar-refractivity contribution in [2.45, 2.75) is 57.8 Å².